The van der Waals surface area contributed by atoms with Crippen LogP contribution in [0.25, 0.3) is 0 Å². The minimum Gasteiger partial charge on any atom is -0.493 e. The van der Waals surface area contributed by atoms with E-state index < -0.39 is 0 Å². The zero-order valence-electron chi connectivity index (χ0n) is 12.6. The van der Waals surface area contributed by atoms with Gasteiger partial charge in [-0.1, -0.05) is 6.07 Å². The summed E-state index contributed by atoms with van der Waals surface area (Å²) in [4.78, 5) is 4.18. The van der Waals surface area contributed by atoms with E-state index in [4.69, 9.17) is 14.2 Å². The molecule has 1 heterocycles. The predicted molar refractivity (Wildman–Crippen MR) is 82.3 cm³/mol. The molecule has 2 rings (SSSR count). The van der Waals surface area contributed by atoms with Gasteiger partial charge in [-0.2, -0.15) is 0 Å². The van der Waals surface area contributed by atoms with Crippen molar-refractivity contribution in [2.45, 2.75) is 13.5 Å². The molecule has 0 bridgehead atoms. The number of methoxy groups -OCH3 is 2. The van der Waals surface area contributed by atoms with Crippen molar-refractivity contribution in [3.8, 4) is 17.4 Å². The van der Waals surface area contributed by atoms with Crippen molar-refractivity contribution in [1.82, 2.24) is 4.98 Å². The average Bonchev–Trinajstić information content (AvgIpc) is 2.54. The minimum absolute atomic E-state index is 0.599. The van der Waals surface area contributed by atoms with Gasteiger partial charge in [0, 0.05) is 30.6 Å². The van der Waals surface area contributed by atoms with E-state index in [1.807, 2.05) is 37.3 Å². The monoisotopic (exact) mass is 288 g/mol. The Morgan fingerprint density at radius 2 is 1.90 bits per heavy atom. The highest BCUT2D eigenvalue weighted by atomic mass is 16.5. The normalized spacial score (nSPS) is 10.0. The summed E-state index contributed by atoms with van der Waals surface area (Å²) in [6, 6.07) is 9.60. The molecule has 0 aliphatic carbocycles. The maximum atomic E-state index is 5.56. The molecule has 0 saturated heterocycles. The van der Waals surface area contributed by atoms with Crippen LogP contribution in [-0.4, -0.2) is 25.8 Å². The lowest BCUT2D eigenvalue weighted by Gasteiger charge is -2.12. The molecule has 0 aliphatic rings. The van der Waals surface area contributed by atoms with Crippen molar-refractivity contribution in [3.63, 3.8) is 0 Å². The van der Waals surface area contributed by atoms with E-state index >= 15 is 0 Å². The number of nitrogens with one attached hydrogen (secondary N) is 1. The summed E-state index contributed by atoms with van der Waals surface area (Å²) >= 11 is 0. The van der Waals surface area contributed by atoms with Gasteiger partial charge in [0.15, 0.2) is 11.5 Å². The first-order valence-electron chi connectivity index (χ1n) is 6.80. The van der Waals surface area contributed by atoms with Crippen LogP contribution in [-0.2, 0) is 6.54 Å². The topological polar surface area (TPSA) is 52.6 Å². The van der Waals surface area contributed by atoms with Crippen molar-refractivity contribution in [3.05, 3.63) is 42.1 Å². The second-order valence-corrected chi connectivity index (χ2v) is 4.36. The average molecular weight is 288 g/mol. The molecule has 5 heteroatoms. The Hall–Kier alpha value is -2.43. The van der Waals surface area contributed by atoms with E-state index in [1.165, 1.54) is 0 Å². The number of ether oxygens (including phenoxy) is 3. The van der Waals surface area contributed by atoms with Gasteiger partial charge < -0.3 is 19.5 Å². The molecule has 5 nitrogen and oxygen atoms in total. The van der Waals surface area contributed by atoms with Gasteiger partial charge in [0.25, 0.3) is 0 Å². The van der Waals surface area contributed by atoms with Gasteiger partial charge in [0.05, 0.1) is 20.8 Å². The molecule has 0 unspecified atom stereocenters. The largest absolute Gasteiger partial charge is 0.493 e. The molecule has 2 aromatic rings. The number of hydrogen-bond acceptors (Lipinski definition) is 5. The molecule has 0 saturated carbocycles. The second-order valence-electron chi connectivity index (χ2n) is 4.36. The van der Waals surface area contributed by atoms with Gasteiger partial charge in [0.2, 0.25) is 5.88 Å². The first kappa shape index (κ1) is 15.0. The zero-order chi connectivity index (χ0) is 15.1. The fourth-order valence-electron chi connectivity index (χ4n) is 1.90. The maximum Gasteiger partial charge on any atom is 0.212 e. The molecular weight excluding hydrogens is 268 g/mol. The van der Waals surface area contributed by atoms with E-state index in [-0.39, 0.29) is 0 Å². The van der Waals surface area contributed by atoms with Crippen LogP contribution in [0.3, 0.4) is 0 Å². The van der Waals surface area contributed by atoms with Gasteiger partial charge in [0.1, 0.15) is 0 Å². The maximum absolute atomic E-state index is 5.56. The highest BCUT2D eigenvalue weighted by Crippen LogP contribution is 2.30. The Kier molecular flexibility index (Phi) is 5.26. The Morgan fingerprint density at radius 1 is 1.05 bits per heavy atom. The second kappa shape index (κ2) is 7.38. The third-order valence-corrected chi connectivity index (χ3v) is 2.97. The van der Waals surface area contributed by atoms with Crippen molar-refractivity contribution in [1.29, 1.82) is 0 Å². The first-order chi connectivity index (χ1) is 10.3. The summed E-state index contributed by atoms with van der Waals surface area (Å²) in [6.07, 6.45) is 1.79. The SMILES string of the molecule is CCOc1cc(NCc2ccc(OC)nc2)ccc1OC. The fraction of sp³-hybridized carbons (Fsp3) is 0.312. The third kappa shape index (κ3) is 4.02. The predicted octanol–water partition coefficient (Wildman–Crippen LogP) is 3.11. The van der Waals surface area contributed by atoms with Crippen LogP contribution in [0.2, 0.25) is 0 Å². The standard InChI is InChI=1S/C16H20N2O3/c1-4-21-15-9-13(6-7-14(15)19-2)17-10-12-5-8-16(20-3)18-11-12/h5-9,11,17H,4,10H2,1-3H3. The summed E-state index contributed by atoms with van der Waals surface area (Å²) < 4.78 is 15.9. The quantitative estimate of drug-likeness (QED) is 0.848. The number of nitrogens with zero attached hydrogens (tertiary/aromatic N) is 1. The Morgan fingerprint density at radius 3 is 2.52 bits per heavy atom. The molecular formula is C16H20N2O3. The van der Waals surface area contributed by atoms with Gasteiger partial charge in [-0.3, -0.25) is 0 Å². The smallest absolute Gasteiger partial charge is 0.212 e. The molecule has 0 amide bonds. The lowest BCUT2D eigenvalue weighted by Crippen LogP contribution is -2.02. The molecule has 21 heavy (non-hydrogen) atoms. The Bertz CT molecular complexity index is 570. The van der Waals surface area contributed by atoms with E-state index in [9.17, 15) is 0 Å². The summed E-state index contributed by atoms with van der Waals surface area (Å²) in [6.45, 7) is 3.22. The highest BCUT2D eigenvalue weighted by molar-refractivity contribution is 5.55. The lowest BCUT2D eigenvalue weighted by molar-refractivity contribution is 0.311. The Balaban J connectivity index is 2.03. The van der Waals surface area contributed by atoms with Crippen LogP contribution in [0.15, 0.2) is 36.5 Å². The molecule has 0 spiro atoms. The number of pyridine rings is 1. The summed E-state index contributed by atoms with van der Waals surface area (Å²) in [7, 11) is 3.24. The van der Waals surface area contributed by atoms with Gasteiger partial charge in [-0.05, 0) is 24.6 Å². The number of aromatic nitrogens is 1. The van der Waals surface area contributed by atoms with Crippen LogP contribution in [0.5, 0.6) is 17.4 Å². The van der Waals surface area contributed by atoms with E-state index in [0.29, 0.717) is 19.0 Å². The number of rotatable bonds is 7. The van der Waals surface area contributed by atoms with Crippen molar-refractivity contribution in [2.75, 3.05) is 26.1 Å². The van der Waals surface area contributed by atoms with Gasteiger partial charge >= 0.3 is 0 Å². The molecule has 1 aromatic heterocycles. The Labute approximate surface area is 124 Å². The summed E-state index contributed by atoms with van der Waals surface area (Å²) in [5.74, 6) is 2.08. The van der Waals surface area contributed by atoms with E-state index in [0.717, 1.165) is 22.7 Å². The van der Waals surface area contributed by atoms with Crippen LogP contribution in [0, 0.1) is 0 Å². The van der Waals surface area contributed by atoms with Gasteiger partial charge in [-0.25, -0.2) is 4.98 Å². The molecule has 0 aliphatic heterocycles. The minimum atomic E-state index is 0.599. The van der Waals surface area contributed by atoms with E-state index in [2.05, 4.69) is 10.3 Å². The molecule has 0 fully saturated rings. The van der Waals surface area contributed by atoms with Gasteiger partial charge in [-0.15, -0.1) is 0 Å². The summed E-state index contributed by atoms with van der Waals surface area (Å²) in [5, 5.41) is 3.33. The summed E-state index contributed by atoms with van der Waals surface area (Å²) in [5.41, 5.74) is 2.04. The molecule has 1 aromatic carbocycles. The van der Waals surface area contributed by atoms with Crippen LogP contribution >= 0.6 is 0 Å². The first-order valence-corrected chi connectivity index (χ1v) is 6.80. The number of hydrogen-bond donors (Lipinski definition) is 1. The fourth-order valence-corrected chi connectivity index (χ4v) is 1.90. The zero-order valence-corrected chi connectivity index (χ0v) is 12.6. The molecule has 112 valence electrons. The van der Waals surface area contributed by atoms with Crippen molar-refractivity contribution in [2.24, 2.45) is 0 Å². The van der Waals surface area contributed by atoms with Crippen LogP contribution in [0.4, 0.5) is 5.69 Å². The van der Waals surface area contributed by atoms with Crippen LogP contribution < -0.4 is 19.5 Å². The van der Waals surface area contributed by atoms with Crippen LogP contribution in [0.1, 0.15) is 12.5 Å². The molecule has 1 N–H and O–H groups in total. The number of benzene rings is 1. The lowest BCUT2D eigenvalue weighted by atomic mass is 10.2. The number of anilines is 1. The molecule has 0 radical (unpaired) electrons. The highest BCUT2D eigenvalue weighted by Gasteiger charge is 2.05. The molecule has 0 atom stereocenters. The van der Waals surface area contributed by atoms with E-state index in [1.54, 1.807) is 20.4 Å². The van der Waals surface area contributed by atoms with Crippen molar-refractivity contribution < 1.29 is 14.2 Å². The van der Waals surface area contributed by atoms with Crippen molar-refractivity contribution >= 4 is 5.69 Å². The third-order valence-electron chi connectivity index (χ3n) is 2.97.